The Labute approximate surface area is 272 Å². The molecular formula is C32H38N4O11. The number of allylic oxidation sites excluding steroid dienone is 5. The van der Waals surface area contributed by atoms with Crippen LogP contribution in [0.1, 0.15) is 25.8 Å². The molecule has 2 rings (SSSR count). The second-order valence-electron chi connectivity index (χ2n) is 9.56. The number of aldehydes is 1. The number of ether oxygens (including phenoxy) is 6. The number of hydrogen-bond donors (Lipinski definition) is 4. The van der Waals surface area contributed by atoms with Crippen LogP contribution in [0.2, 0.25) is 0 Å². The zero-order valence-corrected chi connectivity index (χ0v) is 26.6. The highest BCUT2D eigenvalue weighted by Gasteiger charge is 2.16. The van der Waals surface area contributed by atoms with Crippen molar-refractivity contribution in [3.63, 3.8) is 0 Å². The zero-order chi connectivity index (χ0) is 34.6. The van der Waals surface area contributed by atoms with Gasteiger partial charge < -0.3 is 39.1 Å². The lowest BCUT2D eigenvalue weighted by Gasteiger charge is -2.18. The van der Waals surface area contributed by atoms with Crippen molar-refractivity contribution in [3.05, 3.63) is 71.2 Å². The van der Waals surface area contributed by atoms with E-state index in [1.807, 2.05) is 13.0 Å². The van der Waals surface area contributed by atoms with E-state index in [1.54, 1.807) is 38.1 Å². The highest BCUT2D eigenvalue weighted by atomic mass is 16.6. The second kappa shape index (κ2) is 20.2. The van der Waals surface area contributed by atoms with Gasteiger partial charge in [0.25, 0.3) is 0 Å². The van der Waals surface area contributed by atoms with Gasteiger partial charge in [0.15, 0.2) is 12.0 Å². The Morgan fingerprint density at radius 1 is 0.957 bits per heavy atom. The number of nitrogens with one attached hydrogen (secondary N) is 4. The minimum Gasteiger partial charge on any atom is -0.486 e. The number of alkyl carbamates (subject to hydrolysis) is 2. The van der Waals surface area contributed by atoms with Crippen molar-refractivity contribution < 1.29 is 52.4 Å². The summed E-state index contributed by atoms with van der Waals surface area (Å²) in [6.07, 6.45) is 5.22. The van der Waals surface area contributed by atoms with Gasteiger partial charge in [0.2, 0.25) is 0 Å². The Morgan fingerprint density at radius 3 is 2.34 bits per heavy atom. The van der Waals surface area contributed by atoms with E-state index in [1.165, 1.54) is 7.05 Å². The van der Waals surface area contributed by atoms with Gasteiger partial charge in [0.05, 0.1) is 11.7 Å². The highest BCUT2D eigenvalue weighted by Crippen LogP contribution is 2.23. The first-order valence-corrected chi connectivity index (χ1v) is 14.3. The lowest BCUT2D eigenvalue weighted by Crippen LogP contribution is -2.28. The SMILES string of the molecule is C=CC(=O)OCCOC(=O)Nc1ccc(C)c(NC#COC(C)COC(=O)NC2=CC(=C(C=O)OCCOC(=O)NC)CC=C2C)c1. The number of hydrogen-bond acceptors (Lipinski definition) is 12. The van der Waals surface area contributed by atoms with Gasteiger partial charge in [0.1, 0.15) is 45.2 Å². The molecule has 0 spiro atoms. The lowest BCUT2D eigenvalue weighted by molar-refractivity contribution is -0.138. The summed E-state index contributed by atoms with van der Waals surface area (Å²) in [6, 6.07) is 7.73. The quantitative estimate of drug-likeness (QED) is 0.0314. The molecule has 0 saturated carbocycles. The summed E-state index contributed by atoms with van der Waals surface area (Å²) in [5.41, 5.74) is 3.58. The van der Waals surface area contributed by atoms with E-state index in [4.69, 9.17) is 28.4 Å². The van der Waals surface area contributed by atoms with Crippen molar-refractivity contribution in [2.45, 2.75) is 33.3 Å². The van der Waals surface area contributed by atoms with E-state index >= 15 is 0 Å². The van der Waals surface area contributed by atoms with E-state index in [-0.39, 0.29) is 38.8 Å². The minimum atomic E-state index is -0.740. The molecule has 1 atom stereocenters. The lowest BCUT2D eigenvalue weighted by atomic mass is 9.99. The fourth-order valence-corrected chi connectivity index (χ4v) is 3.51. The molecule has 0 heterocycles. The molecule has 252 valence electrons. The first kappa shape index (κ1) is 37.3. The van der Waals surface area contributed by atoms with Gasteiger partial charge in [-0.15, -0.1) is 0 Å². The average molecular weight is 655 g/mol. The number of benzene rings is 1. The zero-order valence-electron chi connectivity index (χ0n) is 26.6. The number of amides is 3. The molecule has 1 aromatic carbocycles. The summed E-state index contributed by atoms with van der Waals surface area (Å²) >= 11 is 0. The van der Waals surface area contributed by atoms with Crippen LogP contribution in [0, 0.1) is 19.1 Å². The summed E-state index contributed by atoms with van der Waals surface area (Å²) in [6.45, 7) is 8.15. The molecule has 1 unspecified atom stereocenters. The number of aryl methyl sites for hydroxylation is 1. The fraction of sp³-hybridized carbons (Fsp3) is 0.344. The van der Waals surface area contributed by atoms with Crippen molar-refractivity contribution >= 4 is 41.9 Å². The van der Waals surface area contributed by atoms with E-state index < -0.39 is 30.4 Å². The molecule has 1 aliphatic rings. The van der Waals surface area contributed by atoms with Crippen LogP contribution in [0.3, 0.4) is 0 Å². The summed E-state index contributed by atoms with van der Waals surface area (Å²) in [7, 11) is 1.43. The van der Waals surface area contributed by atoms with Crippen LogP contribution in [0.4, 0.5) is 25.8 Å². The van der Waals surface area contributed by atoms with Gasteiger partial charge in [-0.05, 0) is 56.5 Å². The predicted octanol–water partition coefficient (Wildman–Crippen LogP) is 3.79. The van der Waals surface area contributed by atoms with E-state index in [0.717, 1.165) is 17.2 Å². The van der Waals surface area contributed by atoms with Crippen LogP contribution in [-0.4, -0.2) is 76.7 Å². The molecule has 4 N–H and O–H groups in total. The van der Waals surface area contributed by atoms with Gasteiger partial charge in [-0.25, -0.2) is 19.2 Å². The third kappa shape index (κ3) is 14.2. The van der Waals surface area contributed by atoms with Gasteiger partial charge in [-0.3, -0.25) is 15.4 Å². The van der Waals surface area contributed by atoms with Crippen molar-refractivity contribution in [1.29, 1.82) is 0 Å². The molecule has 3 amide bonds. The molecule has 0 aliphatic heterocycles. The van der Waals surface area contributed by atoms with Gasteiger partial charge in [-0.1, -0.05) is 18.7 Å². The van der Waals surface area contributed by atoms with Crippen LogP contribution < -0.4 is 21.3 Å². The van der Waals surface area contributed by atoms with Crippen molar-refractivity contribution in [3.8, 4) is 12.2 Å². The summed E-state index contributed by atoms with van der Waals surface area (Å²) < 4.78 is 30.6. The molecule has 1 aliphatic carbocycles. The van der Waals surface area contributed by atoms with Crippen LogP contribution in [-0.2, 0) is 38.0 Å². The summed E-state index contributed by atoms with van der Waals surface area (Å²) in [5, 5.41) is 10.4. The van der Waals surface area contributed by atoms with E-state index in [0.29, 0.717) is 35.4 Å². The number of esters is 1. The topological polar surface area (TPSA) is 189 Å². The van der Waals surface area contributed by atoms with Crippen molar-refractivity contribution in [2.75, 3.05) is 50.7 Å². The molecule has 0 aromatic heterocycles. The molecule has 0 bridgehead atoms. The smallest absolute Gasteiger partial charge is 0.411 e. The molecule has 15 nitrogen and oxygen atoms in total. The van der Waals surface area contributed by atoms with Crippen LogP contribution >= 0.6 is 0 Å². The van der Waals surface area contributed by atoms with Gasteiger partial charge in [-0.2, -0.15) is 0 Å². The summed E-state index contributed by atoms with van der Waals surface area (Å²) in [5.74, 6) is -0.561. The standard InChI is InChI=1S/C32H38N4O11/c1-6-29(38)44-14-16-46-31(40)35-25-10-8-21(2)26(18-25)34-11-12-42-23(4)20-47-32(41)36-27-17-24(9-7-22(27)3)28(19-37)43-13-15-45-30(39)33-5/h6-8,10,17-19,23,34H,1,9,13-16,20H2,2-5H3,(H,33,39)(H,35,40)(H,36,41). The predicted molar refractivity (Wildman–Crippen MR) is 170 cm³/mol. The summed E-state index contributed by atoms with van der Waals surface area (Å²) in [4.78, 5) is 58.1. The van der Waals surface area contributed by atoms with Crippen molar-refractivity contribution in [1.82, 2.24) is 10.6 Å². The Morgan fingerprint density at radius 2 is 1.64 bits per heavy atom. The van der Waals surface area contributed by atoms with Crippen LogP contribution in [0.25, 0.3) is 0 Å². The maximum atomic E-state index is 12.4. The van der Waals surface area contributed by atoms with Gasteiger partial charge in [0, 0.05) is 30.1 Å². The first-order valence-electron chi connectivity index (χ1n) is 14.3. The number of rotatable bonds is 15. The molecule has 0 fully saturated rings. The normalized spacial score (nSPS) is 13.4. The maximum absolute atomic E-state index is 12.4. The maximum Gasteiger partial charge on any atom is 0.411 e. The van der Waals surface area contributed by atoms with E-state index in [2.05, 4.69) is 40.0 Å². The molecule has 47 heavy (non-hydrogen) atoms. The second-order valence-corrected chi connectivity index (χ2v) is 9.56. The third-order valence-corrected chi connectivity index (χ3v) is 5.98. The monoisotopic (exact) mass is 654 g/mol. The van der Waals surface area contributed by atoms with Crippen LogP contribution in [0.15, 0.2) is 65.6 Å². The minimum absolute atomic E-state index is 0.0263. The largest absolute Gasteiger partial charge is 0.486 e. The number of anilines is 2. The molecular weight excluding hydrogens is 616 g/mol. The Balaban J connectivity index is 1.81. The van der Waals surface area contributed by atoms with Crippen molar-refractivity contribution in [2.24, 2.45) is 0 Å². The first-order chi connectivity index (χ1) is 22.6. The van der Waals surface area contributed by atoms with Gasteiger partial charge >= 0.3 is 24.2 Å². The number of carbonyl (C=O) groups is 5. The molecule has 0 saturated heterocycles. The Bertz CT molecular complexity index is 1470. The molecule has 1 aromatic rings. The fourth-order valence-electron chi connectivity index (χ4n) is 3.51. The van der Waals surface area contributed by atoms with E-state index in [9.17, 15) is 24.0 Å². The van der Waals surface area contributed by atoms with Crippen LogP contribution in [0.5, 0.6) is 0 Å². The Hall–Kier alpha value is -5.91. The highest BCUT2D eigenvalue weighted by molar-refractivity contribution is 5.86. The molecule has 0 radical (unpaired) electrons. The molecule has 15 heteroatoms. The Kier molecular flexibility index (Phi) is 16.0. The third-order valence-electron chi connectivity index (χ3n) is 5.98. The number of carbonyl (C=O) groups excluding carboxylic acids is 5. The average Bonchev–Trinajstić information content (AvgIpc) is 3.06.